The van der Waals surface area contributed by atoms with Crippen molar-refractivity contribution < 1.29 is 18.4 Å². The van der Waals surface area contributed by atoms with Gasteiger partial charge in [0.1, 0.15) is 6.54 Å². The van der Waals surface area contributed by atoms with Crippen LogP contribution in [0.15, 0.2) is 24.4 Å². The number of amides is 3. The molecule has 0 spiro atoms. The van der Waals surface area contributed by atoms with Gasteiger partial charge in [-0.2, -0.15) is 10.2 Å². The monoisotopic (exact) mass is 361 g/mol. The Bertz CT molecular complexity index is 874. The first kappa shape index (κ1) is 17.7. The van der Waals surface area contributed by atoms with Gasteiger partial charge in [0.2, 0.25) is 5.91 Å². The van der Waals surface area contributed by atoms with E-state index in [1.54, 1.807) is 19.2 Å². The lowest BCUT2D eigenvalue weighted by molar-refractivity contribution is -0.122. The zero-order chi connectivity index (χ0) is 18.8. The Morgan fingerprint density at radius 1 is 1.38 bits per heavy atom. The lowest BCUT2D eigenvalue weighted by atomic mass is 10.1. The maximum absolute atomic E-state index is 13.9. The number of aryl methyl sites for hydroxylation is 1. The highest BCUT2D eigenvalue weighted by Gasteiger charge is 2.28. The van der Waals surface area contributed by atoms with Gasteiger partial charge in [0.25, 0.3) is 0 Å². The van der Waals surface area contributed by atoms with Crippen LogP contribution in [0.1, 0.15) is 29.8 Å². The van der Waals surface area contributed by atoms with Gasteiger partial charge in [0.05, 0.1) is 24.0 Å². The van der Waals surface area contributed by atoms with Crippen LogP contribution in [0, 0.1) is 18.6 Å². The minimum absolute atomic E-state index is 0.00946. The van der Waals surface area contributed by atoms with Gasteiger partial charge in [0, 0.05) is 11.8 Å². The van der Waals surface area contributed by atoms with Crippen molar-refractivity contribution in [3.63, 3.8) is 0 Å². The predicted molar refractivity (Wildman–Crippen MR) is 89.1 cm³/mol. The van der Waals surface area contributed by atoms with Crippen molar-refractivity contribution >= 4 is 17.6 Å². The molecule has 0 radical (unpaired) electrons. The van der Waals surface area contributed by atoms with E-state index < -0.39 is 29.6 Å². The molecule has 1 aliphatic rings. The van der Waals surface area contributed by atoms with Crippen LogP contribution in [0.25, 0.3) is 0 Å². The van der Waals surface area contributed by atoms with E-state index >= 15 is 0 Å². The molecule has 1 aromatic carbocycles. The van der Waals surface area contributed by atoms with Crippen LogP contribution >= 0.6 is 0 Å². The fraction of sp³-hybridized carbons (Fsp3) is 0.294. The fourth-order valence-electron chi connectivity index (χ4n) is 2.81. The molecular formula is C17H17F2N5O2. The Hall–Kier alpha value is -3.10. The zero-order valence-corrected chi connectivity index (χ0v) is 14.2. The van der Waals surface area contributed by atoms with E-state index in [1.807, 2.05) is 6.92 Å². The molecule has 9 heteroatoms. The van der Waals surface area contributed by atoms with E-state index in [0.29, 0.717) is 5.69 Å². The van der Waals surface area contributed by atoms with Gasteiger partial charge >= 0.3 is 6.03 Å². The SMILES string of the molecule is Cc1ccnnc1[C@H](C)NC(=O)CN1Cc2c(ccc(F)c2F)NC1=O. The minimum atomic E-state index is -1.03. The van der Waals surface area contributed by atoms with Crippen LogP contribution in [0.3, 0.4) is 0 Å². The molecule has 2 aromatic rings. The third-order valence-corrected chi connectivity index (χ3v) is 4.16. The Morgan fingerprint density at radius 3 is 2.88 bits per heavy atom. The van der Waals surface area contributed by atoms with Crippen molar-refractivity contribution in [2.45, 2.75) is 26.4 Å². The van der Waals surface area contributed by atoms with Gasteiger partial charge in [-0.3, -0.25) is 4.79 Å². The number of carbonyl (C=O) groups is 2. The summed E-state index contributed by atoms with van der Waals surface area (Å²) < 4.78 is 27.3. The molecule has 26 heavy (non-hydrogen) atoms. The van der Waals surface area contributed by atoms with Crippen LogP contribution in [0.2, 0.25) is 0 Å². The quantitative estimate of drug-likeness (QED) is 0.875. The number of nitrogens with zero attached hydrogens (tertiary/aromatic N) is 3. The molecule has 2 heterocycles. The van der Waals surface area contributed by atoms with Crippen molar-refractivity contribution in [2.24, 2.45) is 0 Å². The first-order valence-electron chi connectivity index (χ1n) is 7.97. The Kier molecular flexibility index (Phi) is 4.79. The summed E-state index contributed by atoms with van der Waals surface area (Å²) in [5.74, 6) is -2.48. The molecule has 136 valence electrons. The van der Waals surface area contributed by atoms with Gasteiger partial charge in [-0.05, 0) is 37.6 Å². The van der Waals surface area contributed by atoms with E-state index in [4.69, 9.17) is 0 Å². The summed E-state index contributed by atoms with van der Waals surface area (Å²) >= 11 is 0. The van der Waals surface area contributed by atoms with Crippen LogP contribution in [-0.4, -0.2) is 33.6 Å². The average molecular weight is 361 g/mol. The molecule has 3 rings (SSSR count). The molecule has 7 nitrogen and oxygen atoms in total. The normalized spacial score (nSPS) is 14.5. The lowest BCUT2D eigenvalue weighted by Gasteiger charge is -2.29. The number of hydrogen-bond donors (Lipinski definition) is 2. The molecule has 0 saturated heterocycles. The van der Waals surface area contributed by atoms with Crippen molar-refractivity contribution in [3.8, 4) is 0 Å². The molecule has 1 aromatic heterocycles. The van der Waals surface area contributed by atoms with Gasteiger partial charge in [-0.25, -0.2) is 13.6 Å². The predicted octanol–water partition coefficient (Wildman–Crippen LogP) is 2.29. The first-order chi connectivity index (χ1) is 12.4. The second-order valence-corrected chi connectivity index (χ2v) is 6.06. The van der Waals surface area contributed by atoms with Crippen molar-refractivity contribution in [2.75, 3.05) is 11.9 Å². The standard InChI is InChI=1S/C17H17F2N5O2/c1-9-5-6-20-23-16(9)10(2)21-14(25)8-24-7-11-13(22-17(24)26)4-3-12(18)15(11)19/h3-6,10H,7-8H2,1-2H3,(H,21,25)(H,22,26)/t10-/m0/s1. The number of fused-ring (bicyclic) bond motifs is 1. The van der Waals surface area contributed by atoms with E-state index in [-0.39, 0.29) is 24.3 Å². The summed E-state index contributed by atoms with van der Waals surface area (Å²) in [7, 11) is 0. The smallest absolute Gasteiger partial charge is 0.322 e. The lowest BCUT2D eigenvalue weighted by Crippen LogP contribution is -2.45. The van der Waals surface area contributed by atoms with Gasteiger partial charge in [0.15, 0.2) is 11.6 Å². The van der Waals surface area contributed by atoms with Crippen LogP contribution in [-0.2, 0) is 11.3 Å². The van der Waals surface area contributed by atoms with Crippen molar-refractivity contribution in [1.82, 2.24) is 20.4 Å². The Labute approximate surface area is 148 Å². The number of urea groups is 1. The molecule has 0 fully saturated rings. The van der Waals surface area contributed by atoms with Crippen molar-refractivity contribution in [3.05, 3.63) is 52.9 Å². The highest BCUT2D eigenvalue weighted by atomic mass is 19.2. The summed E-state index contributed by atoms with van der Waals surface area (Å²) in [6.45, 7) is 3.09. The molecule has 0 unspecified atom stereocenters. The zero-order valence-electron chi connectivity index (χ0n) is 14.2. The average Bonchev–Trinajstić information content (AvgIpc) is 2.60. The molecule has 1 atom stereocenters. The van der Waals surface area contributed by atoms with Crippen molar-refractivity contribution in [1.29, 1.82) is 0 Å². The molecule has 3 amide bonds. The van der Waals surface area contributed by atoms with E-state index in [9.17, 15) is 18.4 Å². The number of nitrogens with one attached hydrogen (secondary N) is 2. The van der Waals surface area contributed by atoms with E-state index in [0.717, 1.165) is 16.5 Å². The van der Waals surface area contributed by atoms with E-state index in [2.05, 4.69) is 20.8 Å². The number of aromatic nitrogens is 2. The fourth-order valence-corrected chi connectivity index (χ4v) is 2.81. The number of anilines is 1. The molecule has 0 saturated carbocycles. The number of benzene rings is 1. The molecule has 2 N–H and O–H groups in total. The second kappa shape index (κ2) is 7.03. The summed E-state index contributed by atoms with van der Waals surface area (Å²) in [6.07, 6.45) is 1.55. The van der Waals surface area contributed by atoms with Crippen LogP contribution in [0.4, 0.5) is 19.3 Å². The number of rotatable bonds is 4. The summed E-state index contributed by atoms with van der Waals surface area (Å²) in [5.41, 5.74) is 1.70. The third kappa shape index (κ3) is 3.46. The molecule has 0 bridgehead atoms. The highest BCUT2D eigenvalue weighted by molar-refractivity contribution is 5.94. The molecule has 0 aliphatic carbocycles. The van der Waals surface area contributed by atoms with Crippen LogP contribution in [0.5, 0.6) is 0 Å². The maximum atomic E-state index is 13.9. The third-order valence-electron chi connectivity index (χ3n) is 4.16. The highest BCUT2D eigenvalue weighted by Crippen LogP contribution is 2.27. The topological polar surface area (TPSA) is 87.2 Å². The minimum Gasteiger partial charge on any atom is -0.346 e. The number of carbonyl (C=O) groups excluding carboxylic acids is 2. The van der Waals surface area contributed by atoms with Crippen LogP contribution < -0.4 is 10.6 Å². The molecule has 1 aliphatic heterocycles. The summed E-state index contributed by atoms with van der Waals surface area (Å²) in [5, 5.41) is 13.0. The maximum Gasteiger partial charge on any atom is 0.322 e. The number of halogens is 2. The summed E-state index contributed by atoms with van der Waals surface area (Å²) in [4.78, 5) is 25.5. The first-order valence-corrected chi connectivity index (χ1v) is 7.97. The Balaban J connectivity index is 1.69. The van der Waals surface area contributed by atoms with Gasteiger partial charge in [-0.1, -0.05) is 0 Å². The Morgan fingerprint density at radius 2 is 2.15 bits per heavy atom. The molecular weight excluding hydrogens is 344 g/mol. The van der Waals surface area contributed by atoms with Gasteiger partial charge < -0.3 is 15.5 Å². The number of hydrogen-bond acceptors (Lipinski definition) is 4. The van der Waals surface area contributed by atoms with Gasteiger partial charge in [-0.15, -0.1) is 0 Å². The largest absolute Gasteiger partial charge is 0.346 e. The van der Waals surface area contributed by atoms with E-state index in [1.165, 1.54) is 6.07 Å². The second-order valence-electron chi connectivity index (χ2n) is 6.06. The summed E-state index contributed by atoms with van der Waals surface area (Å²) in [6, 6.07) is 3.05.